The lowest BCUT2D eigenvalue weighted by atomic mass is 10.0. The van der Waals surface area contributed by atoms with Crippen molar-refractivity contribution in [2.24, 2.45) is 23.7 Å². The second-order valence-electron chi connectivity index (χ2n) is 20.4. The predicted octanol–water partition coefficient (Wildman–Crippen LogP) is 13.3. The van der Waals surface area contributed by atoms with Crippen LogP contribution in [-0.2, 0) is 32.2 Å². The average Bonchev–Trinajstić information content (AvgIpc) is 3.19. The molecule has 0 atom stereocenters. The Bertz CT molecular complexity index is 1970. The summed E-state index contributed by atoms with van der Waals surface area (Å²) in [5.41, 5.74) is 8.06. The number of carbonyl (C=O) groups is 3. The highest BCUT2D eigenvalue weighted by Gasteiger charge is 2.12. The first-order valence-corrected chi connectivity index (χ1v) is 24.3. The van der Waals surface area contributed by atoms with Crippen molar-refractivity contribution in [3.05, 3.63) is 136 Å². The smallest absolute Gasteiger partial charge is 0.319 e. The molecular weight excluding hydrogens is 822 g/mol. The standard InChI is InChI=1S/C15H25N.C14H20FNO.C14H22N2O.C14H21NO/c1-12(2)10-14-6-8-15(9-7-14)11-16(5)13(3)4;1-9(2)7-11-5-6-12(8-13(11)15)14(17)16-10(3)4;1-10(2)9-12-5-7-13(8-6-12)16-14(17)15-11(3)4;1-10(2)9-12-5-7-13(8-6-12)14(16)15-11(3)4/h6-9,12-13H,10-11H2,1-5H3;5-6,8-10H,7H2,1-4H3,(H,16,17);5-8,10-11H,9H2,1-4H3,(H2,15,16,17);5-8,10-11H,9H2,1-4H3,(H,15,16). The first-order valence-electron chi connectivity index (χ1n) is 24.3. The minimum atomic E-state index is -0.296. The number of hydrogen-bond acceptors (Lipinski definition) is 4. The Morgan fingerprint density at radius 3 is 1.21 bits per heavy atom. The van der Waals surface area contributed by atoms with Crippen LogP contribution in [-0.4, -0.2) is 54.0 Å². The zero-order chi connectivity index (χ0) is 50.1. The van der Waals surface area contributed by atoms with Gasteiger partial charge in [0.05, 0.1) is 0 Å². The Hall–Kier alpha value is -5.02. The van der Waals surface area contributed by atoms with Gasteiger partial charge in [-0.05, 0) is 176 Å². The maximum absolute atomic E-state index is 13.7. The summed E-state index contributed by atoms with van der Waals surface area (Å²) < 4.78 is 13.7. The molecule has 0 radical (unpaired) electrons. The van der Waals surface area contributed by atoms with Gasteiger partial charge in [0.15, 0.2) is 0 Å². The Morgan fingerprint density at radius 2 is 0.833 bits per heavy atom. The molecule has 366 valence electrons. The second kappa shape index (κ2) is 31.0. The zero-order valence-electron chi connectivity index (χ0n) is 43.9. The van der Waals surface area contributed by atoms with Gasteiger partial charge in [-0.25, -0.2) is 9.18 Å². The molecule has 0 unspecified atom stereocenters. The summed E-state index contributed by atoms with van der Waals surface area (Å²) in [7, 11) is 2.17. The van der Waals surface area contributed by atoms with E-state index in [1.165, 1.54) is 34.7 Å². The Morgan fingerprint density at radius 1 is 0.470 bits per heavy atom. The molecule has 0 spiro atoms. The van der Waals surface area contributed by atoms with E-state index in [0.717, 1.165) is 36.6 Å². The first kappa shape index (κ1) is 59.0. The molecule has 4 amide bonds. The topological polar surface area (TPSA) is 103 Å². The molecule has 0 aromatic heterocycles. The fraction of sp³-hybridized carbons (Fsp3) is 0.526. The zero-order valence-corrected chi connectivity index (χ0v) is 43.9. The van der Waals surface area contributed by atoms with E-state index in [0.29, 0.717) is 41.3 Å². The van der Waals surface area contributed by atoms with Gasteiger partial charge in [0, 0.05) is 47.5 Å². The number of nitrogens with one attached hydrogen (secondary N) is 4. The van der Waals surface area contributed by atoms with E-state index in [-0.39, 0.29) is 41.8 Å². The molecule has 66 heavy (non-hydrogen) atoms. The van der Waals surface area contributed by atoms with Crippen LogP contribution in [0.25, 0.3) is 0 Å². The lowest BCUT2D eigenvalue weighted by Crippen LogP contribution is -2.34. The van der Waals surface area contributed by atoms with Gasteiger partial charge in [-0.3, -0.25) is 14.5 Å². The molecule has 0 fully saturated rings. The Kier molecular flexibility index (Phi) is 27.8. The number of hydrogen-bond donors (Lipinski definition) is 4. The summed E-state index contributed by atoms with van der Waals surface area (Å²) >= 11 is 0. The van der Waals surface area contributed by atoms with Crippen molar-refractivity contribution in [2.45, 2.75) is 167 Å². The Balaban J connectivity index is 0.000000440. The molecule has 0 heterocycles. The highest BCUT2D eigenvalue weighted by atomic mass is 19.1. The van der Waals surface area contributed by atoms with Crippen LogP contribution in [0.15, 0.2) is 91.0 Å². The molecule has 4 aromatic carbocycles. The number of anilines is 1. The quantitative estimate of drug-likeness (QED) is 0.0847. The van der Waals surface area contributed by atoms with Gasteiger partial charge in [0.25, 0.3) is 11.8 Å². The van der Waals surface area contributed by atoms with Crippen molar-refractivity contribution < 1.29 is 18.8 Å². The van der Waals surface area contributed by atoms with Gasteiger partial charge in [-0.1, -0.05) is 110 Å². The SMILES string of the molecule is CC(C)Cc1ccc(C(=O)NC(C)C)cc1.CC(C)Cc1ccc(C(=O)NC(C)C)cc1F.CC(C)Cc1ccc(CN(C)C(C)C)cc1.CC(C)Cc1ccc(NC(=O)NC(C)C)cc1. The summed E-state index contributed by atoms with van der Waals surface area (Å²) in [5, 5.41) is 11.2. The number of rotatable bonds is 17. The molecule has 4 rings (SSSR count). The molecule has 0 aliphatic heterocycles. The summed E-state index contributed by atoms with van der Waals surface area (Å²) in [6, 6.07) is 30.5. The number of carbonyl (C=O) groups excluding carboxylic acids is 3. The molecule has 4 aromatic rings. The van der Waals surface area contributed by atoms with Gasteiger partial charge < -0.3 is 21.3 Å². The third kappa shape index (κ3) is 26.8. The van der Waals surface area contributed by atoms with Crippen LogP contribution in [0.1, 0.15) is 159 Å². The van der Waals surface area contributed by atoms with Gasteiger partial charge in [0.2, 0.25) is 0 Å². The van der Waals surface area contributed by atoms with E-state index in [9.17, 15) is 18.8 Å². The second-order valence-corrected chi connectivity index (χ2v) is 20.4. The van der Waals surface area contributed by atoms with Crippen molar-refractivity contribution in [1.29, 1.82) is 0 Å². The summed E-state index contributed by atoms with van der Waals surface area (Å²) in [6.07, 6.45) is 4.00. The summed E-state index contributed by atoms with van der Waals surface area (Å²) in [5.74, 6) is 1.92. The van der Waals surface area contributed by atoms with Crippen LogP contribution >= 0.6 is 0 Å². The normalized spacial score (nSPS) is 11.1. The van der Waals surface area contributed by atoms with Crippen LogP contribution in [0.4, 0.5) is 14.9 Å². The van der Waals surface area contributed by atoms with Crippen molar-refractivity contribution >= 4 is 23.5 Å². The fourth-order valence-corrected chi connectivity index (χ4v) is 6.60. The Labute approximate surface area is 400 Å². The van der Waals surface area contributed by atoms with Gasteiger partial charge in [0.1, 0.15) is 5.82 Å². The van der Waals surface area contributed by atoms with E-state index in [2.05, 4.69) is 125 Å². The van der Waals surface area contributed by atoms with E-state index >= 15 is 0 Å². The first-order chi connectivity index (χ1) is 30.8. The van der Waals surface area contributed by atoms with Crippen molar-refractivity contribution in [1.82, 2.24) is 20.9 Å². The molecule has 0 aliphatic carbocycles. The third-order valence-electron chi connectivity index (χ3n) is 9.90. The number of amides is 4. The van der Waals surface area contributed by atoms with E-state index in [1.54, 1.807) is 12.1 Å². The fourth-order valence-electron chi connectivity index (χ4n) is 6.60. The lowest BCUT2D eigenvalue weighted by Gasteiger charge is -2.21. The van der Waals surface area contributed by atoms with Gasteiger partial charge in [-0.15, -0.1) is 0 Å². The number of halogens is 1. The molecule has 9 heteroatoms. The molecular formula is C57H88FN5O3. The highest BCUT2D eigenvalue weighted by molar-refractivity contribution is 5.95. The van der Waals surface area contributed by atoms with Crippen molar-refractivity contribution in [3.63, 3.8) is 0 Å². The van der Waals surface area contributed by atoms with Crippen LogP contribution in [0, 0.1) is 29.5 Å². The van der Waals surface area contributed by atoms with Crippen LogP contribution < -0.4 is 21.3 Å². The summed E-state index contributed by atoms with van der Waals surface area (Å²) in [6.45, 7) is 34.4. The number of benzene rings is 4. The molecule has 8 nitrogen and oxygen atoms in total. The van der Waals surface area contributed by atoms with Crippen LogP contribution in [0.5, 0.6) is 0 Å². The van der Waals surface area contributed by atoms with Crippen molar-refractivity contribution in [2.75, 3.05) is 12.4 Å². The number of urea groups is 1. The largest absolute Gasteiger partial charge is 0.350 e. The maximum atomic E-state index is 13.7. The van der Waals surface area contributed by atoms with Crippen LogP contribution in [0.3, 0.4) is 0 Å². The monoisotopic (exact) mass is 910 g/mol. The highest BCUT2D eigenvalue weighted by Crippen LogP contribution is 2.16. The van der Waals surface area contributed by atoms with Gasteiger partial charge in [-0.2, -0.15) is 0 Å². The van der Waals surface area contributed by atoms with Gasteiger partial charge >= 0.3 is 6.03 Å². The molecule has 0 bridgehead atoms. The molecule has 0 saturated heterocycles. The van der Waals surface area contributed by atoms with E-state index < -0.39 is 0 Å². The van der Waals surface area contributed by atoms with E-state index in [4.69, 9.17) is 0 Å². The predicted molar refractivity (Wildman–Crippen MR) is 279 cm³/mol. The molecule has 0 aliphatic rings. The van der Waals surface area contributed by atoms with Crippen molar-refractivity contribution in [3.8, 4) is 0 Å². The summed E-state index contributed by atoms with van der Waals surface area (Å²) in [4.78, 5) is 37.2. The molecule has 0 saturated carbocycles. The molecule has 4 N–H and O–H groups in total. The van der Waals surface area contributed by atoms with Crippen LogP contribution in [0.2, 0.25) is 0 Å². The minimum absolute atomic E-state index is 0.00565. The minimum Gasteiger partial charge on any atom is -0.350 e. The maximum Gasteiger partial charge on any atom is 0.319 e. The third-order valence-corrected chi connectivity index (χ3v) is 9.90. The number of nitrogens with zero attached hydrogens (tertiary/aromatic N) is 1. The van der Waals surface area contributed by atoms with E-state index in [1.807, 2.05) is 91.8 Å². The average molecular weight is 910 g/mol. The lowest BCUT2D eigenvalue weighted by molar-refractivity contribution is 0.0934.